The summed E-state index contributed by atoms with van der Waals surface area (Å²) < 4.78 is 7.59. The summed E-state index contributed by atoms with van der Waals surface area (Å²) in [6, 6.07) is 0. The molecule has 2 heterocycles. The van der Waals surface area contributed by atoms with Crippen LogP contribution in [0, 0.1) is 0 Å². The molecule has 0 unspecified atom stereocenters. The molecule has 0 aliphatic rings. The highest BCUT2D eigenvalue weighted by Crippen LogP contribution is 2.26. The van der Waals surface area contributed by atoms with Crippen molar-refractivity contribution in [1.29, 1.82) is 0 Å². The summed E-state index contributed by atoms with van der Waals surface area (Å²) >= 11 is 2.95. The van der Waals surface area contributed by atoms with Crippen LogP contribution in [-0.4, -0.2) is 28.4 Å². The van der Waals surface area contributed by atoms with Gasteiger partial charge in [-0.2, -0.15) is 0 Å². The molecule has 0 amide bonds. The Morgan fingerprint density at radius 2 is 2.26 bits per heavy atom. The van der Waals surface area contributed by atoms with E-state index in [4.69, 9.17) is 4.74 Å². The zero-order valence-electron chi connectivity index (χ0n) is 10.9. The minimum atomic E-state index is -0.588. The molecule has 19 heavy (non-hydrogen) atoms. The van der Waals surface area contributed by atoms with E-state index in [9.17, 15) is 9.59 Å². The molecule has 2 aromatic rings. The second-order valence-electron chi connectivity index (χ2n) is 3.72. The van der Waals surface area contributed by atoms with Crippen LogP contribution in [0.3, 0.4) is 0 Å². The van der Waals surface area contributed by atoms with E-state index in [0.29, 0.717) is 12.1 Å². The average molecular weight is 298 g/mol. The minimum Gasteiger partial charge on any atom is -0.462 e. The summed E-state index contributed by atoms with van der Waals surface area (Å²) in [7, 11) is 0. The van der Waals surface area contributed by atoms with Gasteiger partial charge in [-0.25, -0.2) is 9.78 Å². The van der Waals surface area contributed by atoms with Gasteiger partial charge in [0.05, 0.1) is 6.61 Å². The molecule has 2 aromatic heterocycles. The monoisotopic (exact) mass is 298 g/mol. The number of carbonyl (C=O) groups is 1. The molecule has 7 heteroatoms. The lowest BCUT2D eigenvalue weighted by Gasteiger charge is -2.07. The lowest BCUT2D eigenvalue weighted by Crippen LogP contribution is -2.20. The lowest BCUT2D eigenvalue weighted by atomic mass is 10.2. The molecular weight excluding hydrogens is 284 g/mol. The number of thioether (sulfide) groups is 1. The van der Waals surface area contributed by atoms with E-state index in [1.165, 1.54) is 23.1 Å². The number of pyridine rings is 1. The van der Waals surface area contributed by atoms with Crippen LogP contribution in [0.25, 0.3) is 10.3 Å². The molecule has 0 spiro atoms. The number of aromatic nitrogens is 2. The molecule has 0 aliphatic carbocycles. The molecule has 2 rings (SSSR count). The zero-order valence-corrected chi connectivity index (χ0v) is 12.6. The van der Waals surface area contributed by atoms with Gasteiger partial charge < -0.3 is 9.30 Å². The van der Waals surface area contributed by atoms with Gasteiger partial charge in [-0.05, 0) is 20.1 Å². The van der Waals surface area contributed by atoms with Crippen LogP contribution in [0.5, 0.6) is 0 Å². The first-order valence-corrected chi connectivity index (χ1v) is 7.91. The largest absolute Gasteiger partial charge is 0.462 e. The molecule has 0 radical (unpaired) electrons. The van der Waals surface area contributed by atoms with Crippen molar-refractivity contribution < 1.29 is 9.53 Å². The Labute approximate surface area is 118 Å². The van der Waals surface area contributed by atoms with Crippen molar-refractivity contribution in [1.82, 2.24) is 9.55 Å². The topological polar surface area (TPSA) is 61.2 Å². The molecule has 5 nitrogen and oxygen atoms in total. The minimum absolute atomic E-state index is 0.0501. The SMILES string of the molecule is CCOC(=O)c1cn(CC)c2sc(SC)nc2c1=O. The maximum atomic E-state index is 12.3. The Morgan fingerprint density at radius 3 is 2.84 bits per heavy atom. The van der Waals surface area contributed by atoms with Crippen molar-refractivity contribution in [2.75, 3.05) is 12.9 Å². The van der Waals surface area contributed by atoms with Crippen molar-refractivity contribution >= 4 is 39.4 Å². The number of carbonyl (C=O) groups excluding carboxylic acids is 1. The number of nitrogens with zero attached hydrogens (tertiary/aromatic N) is 2. The van der Waals surface area contributed by atoms with Crippen molar-refractivity contribution in [3.63, 3.8) is 0 Å². The van der Waals surface area contributed by atoms with Gasteiger partial charge >= 0.3 is 5.97 Å². The van der Waals surface area contributed by atoms with Crippen LogP contribution >= 0.6 is 23.1 Å². The number of hydrogen-bond donors (Lipinski definition) is 0. The molecule has 0 fully saturated rings. The highest BCUT2D eigenvalue weighted by atomic mass is 32.2. The highest BCUT2D eigenvalue weighted by molar-refractivity contribution is 8.00. The molecule has 0 N–H and O–H groups in total. The summed E-state index contributed by atoms with van der Waals surface area (Å²) in [6.45, 7) is 4.58. The van der Waals surface area contributed by atoms with Gasteiger partial charge in [-0.15, -0.1) is 0 Å². The number of fused-ring (bicyclic) bond motifs is 1. The number of hydrogen-bond acceptors (Lipinski definition) is 6. The van der Waals surface area contributed by atoms with Gasteiger partial charge in [0, 0.05) is 12.7 Å². The predicted octanol–water partition coefficient (Wildman–Crippen LogP) is 2.38. The standard InChI is InChI=1S/C12H14N2O3S2/c1-4-14-6-7(11(16)17-5-2)9(15)8-10(14)19-12(13-8)18-3/h6H,4-5H2,1-3H3. The Balaban J connectivity index is 2.70. The van der Waals surface area contributed by atoms with E-state index < -0.39 is 5.97 Å². The molecule has 0 aromatic carbocycles. The van der Waals surface area contributed by atoms with E-state index in [1.54, 1.807) is 13.1 Å². The number of esters is 1. The Bertz CT molecular complexity index is 675. The lowest BCUT2D eigenvalue weighted by molar-refractivity contribution is 0.0524. The van der Waals surface area contributed by atoms with Crippen LogP contribution in [0.1, 0.15) is 24.2 Å². The van der Waals surface area contributed by atoms with Crippen LogP contribution in [0.2, 0.25) is 0 Å². The van der Waals surface area contributed by atoms with E-state index in [-0.39, 0.29) is 17.6 Å². The van der Waals surface area contributed by atoms with Gasteiger partial charge in [-0.3, -0.25) is 4.79 Å². The van der Waals surface area contributed by atoms with E-state index in [2.05, 4.69) is 4.98 Å². The van der Waals surface area contributed by atoms with Crippen molar-refractivity contribution in [3.8, 4) is 0 Å². The summed E-state index contributed by atoms with van der Waals surface area (Å²) in [4.78, 5) is 29.1. The average Bonchev–Trinajstić information content (AvgIpc) is 2.84. The fourth-order valence-corrected chi connectivity index (χ4v) is 3.30. The molecular formula is C12H14N2O3S2. The normalized spacial score (nSPS) is 10.9. The molecule has 0 aliphatic heterocycles. The smallest absolute Gasteiger partial charge is 0.343 e. The first kappa shape index (κ1) is 14.1. The zero-order chi connectivity index (χ0) is 14.0. The number of aryl methyl sites for hydroxylation is 1. The number of thiazole rings is 1. The first-order chi connectivity index (χ1) is 9.12. The van der Waals surface area contributed by atoms with Gasteiger partial charge in [0.15, 0.2) is 4.34 Å². The van der Waals surface area contributed by atoms with Crippen LogP contribution in [-0.2, 0) is 11.3 Å². The van der Waals surface area contributed by atoms with Crippen LogP contribution in [0.4, 0.5) is 0 Å². The molecule has 0 atom stereocenters. The Kier molecular flexibility index (Phi) is 4.26. The second-order valence-corrected chi connectivity index (χ2v) is 5.75. The predicted molar refractivity (Wildman–Crippen MR) is 77.3 cm³/mol. The van der Waals surface area contributed by atoms with Gasteiger partial charge in [0.25, 0.3) is 0 Å². The molecule has 0 bridgehead atoms. The van der Waals surface area contributed by atoms with E-state index in [1.807, 2.05) is 17.7 Å². The summed E-state index contributed by atoms with van der Waals surface area (Å²) in [5.74, 6) is -0.588. The summed E-state index contributed by atoms with van der Waals surface area (Å²) in [5.41, 5.74) is 0.0469. The fraction of sp³-hybridized carbons (Fsp3) is 0.417. The summed E-state index contributed by atoms with van der Waals surface area (Å²) in [6.07, 6.45) is 3.47. The maximum absolute atomic E-state index is 12.3. The molecule has 0 saturated heterocycles. The number of rotatable bonds is 4. The number of ether oxygens (including phenoxy) is 1. The van der Waals surface area contributed by atoms with Gasteiger partial charge in [0.2, 0.25) is 5.43 Å². The highest BCUT2D eigenvalue weighted by Gasteiger charge is 2.19. The third-order valence-electron chi connectivity index (χ3n) is 2.61. The van der Waals surface area contributed by atoms with E-state index in [0.717, 1.165) is 9.17 Å². The van der Waals surface area contributed by atoms with Gasteiger partial charge in [-0.1, -0.05) is 23.1 Å². The molecule has 102 valence electrons. The van der Waals surface area contributed by atoms with Crippen LogP contribution < -0.4 is 5.43 Å². The van der Waals surface area contributed by atoms with Crippen molar-refractivity contribution in [2.45, 2.75) is 24.7 Å². The van der Waals surface area contributed by atoms with E-state index >= 15 is 0 Å². The van der Waals surface area contributed by atoms with Crippen LogP contribution in [0.15, 0.2) is 15.3 Å². The van der Waals surface area contributed by atoms with Crippen molar-refractivity contribution in [2.24, 2.45) is 0 Å². The Morgan fingerprint density at radius 1 is 1.53 bits per heavy atom. The molecule has 0 saturated carbocycles. The maximum Gasteiger partial charge on any atom is 0.343 e. The van der Waals surface area contributed by atoms with Crippen molar-refractivity contribution in [3.05, 3.63) is 22.0 Å². The third kappa shape index (κ3) is 2.52. The summed E-state index contributed by atoms with van der Waals surface area (Å²) in [5, 5.41) is 0. The quantitative estimate of drug-likeness (QED) is 0.640. The first-order valence-electron chi connectivity index (χ1n) is 5.87. The Hall–Kier alpha value is -1.34. The fourth-order valence-electron chi connectivity index (χ4n) is 1.71. The third-order valence-corrected chi connectivity index (χ3v) is 4.68. The van der Waals surface area contributed by atoms with Gasteiger partial charge in [0.1, 0.15) is 15.9 Å². The second kappa shape index (κ2) is 5.75.